The zero-order valence-electron chi connectivity index (χ0n) is 15.3. The normalized spacial score (nSPS) is 25.3. The second-order valence-corrected chi connectivity index (χ2v) is 7.53. The zero-order chi connectivity index (χ0) is 18.5. The molecule has 1 saturated carbocycles. The van der Waals surface area contributed by atoms with Crippen LogP contribution in [0.15, 0.2) is 24.3 Å². The molecule has 1 aromatic rings. The molecule has 1 aromatic carbocycles. The van der Waals surface area contributed by atoms with Gasteiger partial charge in [-0.25, -0.2) is 9.18 Å². The quantitative estimate of drug-likeness (QED) is 0.866. The average molecular weight is 361 g/mol. The average Bonchev–Trinajstić information content (AvgIpc) is 2.66. The number of halogens is 1. The Morgan fingerprint density at radius 2 is 1.85 bits per heavy atom. The number of likely N-dealkylation sites (tertiary alicyclic amines) is 1. The van der Waals surface area contributed by atoms with E-state index in [2.05, 4.69) is 17.6 Å². The lowest BCUT2D eigenvalue weighted by Gasteiger charge is -2.47. The highest BCUT2D eigenvalue weighted by Crippen LogP contribution is 2.38. The first kappa shape index (κ1) is 18.7. The minimum absolute atomic E-state index is 0.00531. The van der Waals surface area contributed by atoms with Crippen LogP contribution < -0.4 is 10.6 Å². The summed E-state index contributed by atoms with van der Waals surface area (Å²) in [6.07, 6.45) is 5.78. The Labute approximate surface area is 154 Å². The van der Waals surface area contributed by atoms with Crippen molar-refractivity contribution in [2.75, 3.05) is 13.1 Å². The van der Waals surface area contributed by atoms with Gasteiger partial charge >= 0.3 is 6.03 Å². The first-order valence-electron chi connectivity index (χ1n) is 9.60. The van der Waals surface area contributed by atoms with E-state index in [1.807, 2.05) is 4.90 Å². The van der Waals surface area contributed by atoms with Crippen LogP contribution in [-0.2, 0) is 11.3 Å². The molecule has 6 heteroatoms. The summed E-state index contributed by atoms with van der Waals surface area (Å²) < 4.78 is 12.9. The first-order valence-corrected chi connectivity index (χ1v) is 9.60. The van der Waals surface area contributed by atoms with Crippen molar-refractivity contribution in [2.45, 2.75) is 51.6 Å². The van der Waals surface area contributed by atoms with Gasteiger partial charge in [0, 0.05) is 19.1 Å². The van der Waals surface area contributed by atoms with Gasteiger partial charge in [-0.05, 0) is 48.8 Å². The maximum absolute atomic E-state index is 12.9. The summed E-state index contributed by atoms with van der Waals surface area (Å²) in [5.74, 6) is 0.983. The van der Waals surface area contributed by atoms with Gasteiger partial charge in [-0.15, -0.1) is 0 Å². The third-order valence-electron chi connectivity index (χ3n) is 5.82. The van der Waals surface area contributed by atoms with E-state index in [0.717, 1.165) is 24.9 Å². The Morgan fingerprint density at radius 3 is 2.62 bits per heavy atom. The maximum atomic E-state index is 12.9. The van der Waals surface area contributed by atoms with Crippen molar-refractivity contribution < 1.29 is 14.0 Å². The minimum Gasteiger partial charge on any atom is -0.338 e. The number of nitrogens with zero attached hydrogens (tertiary/aromatic N) is 1. The van der Waals surface area contributed by atoms with Crippen LogP contribution in [0.2, 0.25) is 0 Å². The zero-order valence-corrected chi connectivity index (χ0v) is 15.3. The number of rotatable bonds is 4. The van der Waals surface area contributed by atoms with E-state index in [0.29, 0.717) is 24.4 Å². The maximum Gasteiger partial charge on any atom is 0.315 e. The van der Waals surface area contributed by atoms with E-state index in [1.54, 1.807) is 12.1 Å². The van der Waals surface area contributed by atoms with Gasteiger partial charge in [-0.3, -0.25) is 4.79 Å². The third kappa shape index (κ3) is 4.54. The molecule has 1 aliphatic heterocycles. The van der Waals surface area contributed by atoms with Crippen LogP contribution in [0.25, 0.3) is 0 Å². The van der Waals surface area contributed by atoms with Crippen molar-refractivity contribution in [3.8, 4) is 0 Å². The number of hydrogen-bond acceptors (Lipinski definition) is 2. The Balaban J connectivity index is 1.45. The summed E-state index contributed by atoms with van der Waals surface area (Å²) in [5, 5.41) is 5.35. The fraction of sp³-hybridized carbons (Fsp3) is 0.600. The predicted molar refractivity (Wildman–Crippen MR) is 97.9 cm³/mol. The number of hydrogen-bond donors (Lipinski definition) is 2. The molecular formula is C20H28FN3O2. The highest BCUT2D eigenvalue weighted by atomic mass is 19.1. The number of amides is 3. The van der Waals surface area contributed by atoms with Crippen LogP contribution in [0.3, 0.4) is 0 Å². The molecule has 0 spiro atoms. The Kier molecular flexibility index (Phi) is 6.12. The number of carbonyl (C=O) groups is 2. The molecule has 2 aliphatic rings. The predicted octanol–water partition coefficient (Wildman–Crippen LogP) is 3.05. The lowest BCUT2D eigenvalue weighted by atomic mass is 9.72. The van der Waals surface area contributed by atoms with Gasteiger partial charge < -0.3 is 15.5 Å². The summed E-state index contributed by atoms with van der Waals surface area (Å²) in [7, 11) is 0. The second kappa shape index (κ2) is 8.52. The summed E-state index contributed by atoms with van der Waals surface area (Å²) in [5.41, 5.74) is 0.808. The molecule has 3 amide bonds. The molecule has 0 bridgehead atoms. The van der Waals surface area contributed by atoms with Crippen LogP contribution in [0.5, 0.6) is 0 Å². The molecule has 0 unspecified atom stereocenters. The van der Waals surface area contributed by atoms with Crippen LogP contribution in [-0.4, -0.2) is 36.0 Å². The van der Waals surface area contributed by atoms with Crippen molar-refractivity contribution in [2.24, 2.45) is 11.8 Å². The van der Waals surface area contributed by atoms with Crippen molar-refractivity contribution in [1.29, 1.82) is 0 Å². The third-order valence-corrected chi connectivity index (χ3v) is 5.82. The molecule has 3 rings (SSSR count). The lowest BCUT2D eigenvalue weighted by Crippen LogP contribution is -2.55. The van der Waals surface area contributed by atoms with Crippen molar-refractivity contribution in [1.82, 2.24) is 15.5 Å². The molecule has 26 heavy (non-hydrogen) atoms. The largest absolute Gasteiger partial charge is 0.338 e. The summed E-state index contributed by atoms with van der Waals surface area (Å²) in [6.45, 7) is 3.41. The van der Waals surface area contributed by atoms with Crippen LogP contribution in [0.4, 0.5) is 9.18 Å². The van der Waals surface area contributed by atoms with E-state index in [-0.39, 0.29) is 24.3 Å². The van der Waals surface area contributed by atoms with E-state index in [1.165, 1.54) is 31.4 Å². The van der Waals surface area contributed by atoms with E-state index < -0.39 is 0 Å². The van der Waals surface area contributed by atoms with Crippen LogP contribution in [0, 0.1) is 17.7 Å². The van der Waals surface area contributed by atoms with Crippen LogP contribution >= 0.6 is 0 Å². The van der Waals surface area contributed by atoms with E-state index in [9.17, 15) is 14.0 Å². The number of piperidine rings is 1. The fourth-order valence-electron chi connectivity index (χ4n) is 4.33. The summed E-state index contributed by atoms with van der Waals surface area (Å²) >= 11 is 0. The molecule has 0 aromatic heterocycles. The Morgan fingerprint density at radius 1 is 1.12 bits per heavy atom. The number of benzene rings is 1. The topological polar surface area (TPSA) is 61.4 Å². The molecular weight excluding hydrogens is 333 g/mol. The number of carbonyl (C=O) groups excluding carboxylic acids is 2. The molecule has 2 N–H and O–H groups in total. The SMILES string of the molecule is C[C@@H]1CCN(C(=O)CNC(=O)NCc2ccc(F)cc2)[C@@H]2CCCC[C@@H]12. The molecule has 1 heterocycles. The minimum atomic E-state index is -0.381. The number of nitrogens with one attached hydrogen (secondary N) is 2. The van der Waals surface area contributed by atoms with Crippen LogP contribution in [0.1, 0.15) is 44.6 Å². The molecule has 2 fully saturated rings. The van der Waals surface area contributed by atoms with Gasteiger partial charge in [0.2, 0.25) is 5.91 Å². The highest BCUT2D eigenvalue weighted by molar-refractivity contribution is 5.84. The lowest BCUT2D eigenvalue weighted by molar-refractivity contribution is -0.137. The molecule has 5 nitrogen and oxygen atoms in total. The van der Waals surface area contributed by atoms with Gasteiger partial charge in [0.25, 0.3) is 0 Å². The molecule has 1 aliphatic carbocycles. The fourth-order valence-corrected chi connectivity index (χ4v) is 4.33. The van der Waals surface area contributed by atoms with E-state index in [4.69, 9.17) is 0 Å². The van der Waals surface area contributed by atoms with Gasteiger partial charge in [0.05, 0.1) is 6.54 Å². The monoisotopic (exact) mass is 361 g/mol. The van der Waals surface area contributed by atoms with Gasteiger partial charge in [0.15, 0.2) is 0 Å². The van der Waals surface area contributed by atoms with E-state index >= 15 is 0 Å². The number of fused-ring (bicyclic) bond motifs is 1. The van der Waals surface area contributed by atoms with Crippen molar-refractivity contribution in [3.05, 3.63) is 35.6 Å². The first-order chi connectivity index (χ1) is 12.5. The Bertz CT molecular complexity index is 634. The smallest absolute Gasteiger partial charge is 0.315 e. The molecule has 0 radical (unpaired) electrons. The van der Waals surface area contributed by atoms with Crippen molar-refractivity contribution >= 4 is 11.9 Å². The Hall–Kier alpha value is -2.11. The second-order valence-electron chi connectivity index (χ2n) is 7.53. The summed E-state index contributed by atoms with van der Waals surface area (Å²) in [4.78, 5) is 26.5. The number of urea groups is 1. The van der Waals surface area contributed by atoms with Gasteiger partial charge in [0.1, 0.15) is 5.82 Å². The van der Waals surface area contributed by atoms with Gasteiger partial charge in [-0.1, -0.05) is 31.9 Å². The molecule has 1 saturated heterocycles. The summed E-state index contributed by atoms with van der Waals surface area (Å²) in [6, 6.07) is 5.92. The molecule has 142 valence electrons. The highest BCUT2D eigenvalue weighted by Gasteiger charge is 2.39. The van der Waals surface area contributed by atoms with Gasteiger partial charge in [-0.2, -0.15) is 0 Å². The van der Waals surface area contributed by atoms with Crippen molar-refractivity contribution in [3.63, 3.8) is 0 Å². The molecule has 3 atom stereocenters. The standard InChI is InChI=1S/C20H28FN3O2/c1-14-10-11-24(18-5-3-2-4-17(14)18)19(25)13-23-20(26)22-12-15-6-8-16(21)9-7-15/h6-9,14,17-18H,2-5,10-13H2,1H3,(H2,22,23,26)/t14-,17+,18-/m1/s1.